The van der Waals surface area contributed by atoms with Crippen LogP contribution in [0.25, 0.3) is 0 Å². The quantitative estimate of drug-likeness (QED) is 0.0709. The summed E-state index contributed by atoms with van der Waals surface area (Å²) in [4.78, 5) is 59.4. The molecule has 0 saturated carbocycles. The van der Waals surface area contributed by atoms with E-state index in [1.807, 2.05) is 0 Å². The Hall–Kier alpha value is -3.72. The number of aliphatic hydroxyl groups is 1. The Morgan fingerprint density at radius 2 is 1.79 bits per heavy atom. The van der Waals surface area contributed by atoms with Crippen LogP contribution in [0, 0.1) is 0 Å². The normalized spacial score (nSPS) is 15.2. The summed E-state index contributed by atoms with van der Waals surface area (Å²) in [7, 11) is 0. The molecule has 0 saturated heterocycles. The number of aliphatic hydroxyl groups excluding tert-OH is 1. The second-order valence-corrected chi connectivity index (χ2v) is 7.69. The molecular weight excluding hydrogens is 450 g/mol. The lowest BCUT2D eigenvalue weighted by Gasteiger charge is -2.26. The van der Waals surface area contributed by atoms with Crippen LogP contribution >= 0.6 is 0 Å². The van der Waals surface area contributed by atoms with E-state index in [-0.39, 0.29) is 25.3 Å². The second kappa shape index (κ2) is 13.7. The predicted molar refractivity (Wildman–Crippen MR) is 121 cm³/mol. The van der Waals surface area contributed by atoms with Crippen molar-refractivity contribution in [2.45, 2.75) is 63.4 Å². The maximum absolute atomic E-state index is 12.9. The number of nitrogens with two attached hydrogens (primary N) is 3. The Balaban J connectivity index is 2.90. The first-order valence-corrected chi connectivity index (χ1v) is 10.5. The zero-order valence-corrected chi connectivity index (χ0v) is 19.0. The molecule has 1 aromatic rings. The van der Waals surface area contributed by atoms with Gasteiger partial charge in [0.1, 0.15) is 18.1 Å². The van der Waals surface area contributed by atoms with Crippen molar-refractivity contribution in [1.29, 1.82) is 0 Å². The number of nitrogens with one attached hydrogen (secondary N) is 4. The molecule has 0 aromatic carbocycles. The molecule has 3 amide bonds. The third-order valence-electron chi connectivity index (χ3n) is 4.71. The van der Waals surface area contributed by atoms with Crippen molar-refractivity contribution in [3.8, 4) is 0 Å². The number of H-pyrrole nitrogens is 1. The molecule has 0 fully saturated rings. The number of carbonyl (C=O) groups is 4. The first kappa shape index (κ1) is 28.3. The molecule has 5 atom stereocenters. The van der Waals surface area contributed by atoms with Crippen molar-refractivity contribution in [3.63, 3.8) is 0 Å². The Kier molecular flexibility index (Phi) is 11.4. The number of imidazole rings is 1. The number of hydrogen-bond acceptors (Lipinski definition) is 8. The summed E-state index contributed by atoms with van der Waals surface area (Å²) >= 11 is 0. The highest BCUT2D eigenvalue weighted by Crippen LogP contribution is 2.04. The zero-order chi connectivity index (χ0) is 25.8. The van der Waals surface area contributed by atoms with Gasteiger partial charge in [0.15, 0.2) is 5.96 Å². The molecule has 0 bridgehead atoms. The summed E-state index contributed by atoms with van der Waals surface area (Å²) in [6.45, 7) is 2.77. The lowest BCUT2D eigenvalue weighted by Crippen LogP contribution is -2.60. The van der Waals surface area contributed by atoms with Crippen molar-refractivity contribution >= 4 is 29.7 Å². The van der Waals surface area contributed by atoms with Gasteiger partial charge in [0.25, 0.3) is 0 Å². The van der Waals surface area contributed by atoms with Crippen LogP contribution in [-0.2, 0) is 25.6 Å². The fraction of sp³-hybridized carbons (Fsp3) is 0.579. The van der Waals surface area contributed by atoms with Gasteiger partial charge in [-0.1, -0.05) is 0 Å². The van der Waals surface area contributed by atoms with Crippen molar-refractivity contribution in [3.05, 3.63) is 18.2 Å². The first-order valence-electron chi connectivity index (χ1n) is 10.5. The van der Waals surface area contributed by atoms with Crippen LogP contribution in [0.2, 0.25) is 0 Å². The van der Waals surface area contributed by atoms with E-state index in [4.69, 9.17) is 22.3 Å². The highest BCUT2D eigenvalue weighted by molar-refractivity contribution is 5.94. The molecule has 0 spiro atoms. The predicted octanol–water partition coefficient (Wildman–Crippen LogP) is -3.73. The SMILES string of the molecule is CC(NC(=O)C(NC(=O)C(Cc1cnc[nH]1)NC(=O)C(N)CCCN=C(N)N)C(C)O)C(=O)O. The van der Waals surface area contributed by atoms with Gasteiger partial charge in [0, 0.05) is 24.9 Å². The second-order valence-electron chi connectivity index (χ2n) is 7.69. The number of guanidine groups is 1. The van der Waals surface area contributed by atoms with Crippen LogP contribution < -0.4 is 33.2 Å². The van der Waals surface area contributed by atoms with E-state index < -0.39 is 54.0 Å². The molecule has 190 valence electrons. The number of amides is 3. The molecule has 12 N–H and O–H groups in total. The smallest absolute Gasteiger partial charge is 0.325 e. The highest BCUT2D eigenvalue weighted by Gasteiger charge is 2.32. The largest absolute Gasteiger partial charge is 0.480 e. The number of nitrogens with zero attached hydrogens (tertiary/aromatic N) is 2. The maximum Gasteiger partial charge on any atom is 0.325 e. The molecule has 15 heteroatoms. The van der Waals surface area contributed by atoms with Crippen molar-refractivity contribution < 1.29 is 29.4 Å². The molecular formula is C19H33N9O6. The maximum atomic E-state index is 12.9. The van der Waals surface area contributed by atoms with Gasteiger partial charge in [0.2, 0.25) is 17.7 Å². The van der Waals surface area contributed by atoms with Crippen molar-refractivity contribution in [2.75, 3.05) is 6.54 Å². The van der Waals surface area contributed by atoms with Gasteiger partial charge in [-0.25, -0.2) is 4.98 Å². The summed E-state index contributed by atoms with van der Waals surface area (Å²) in [6, 6.07) is -4.85. The Labute approximate surface area is 195 Å². The van der Waals surface area contributed by atoms with Gasteiger partial charge >= 0.3 is 5.97 Å². The topological polar surface area (TPSA) is 264 Å². The highest BCUT2D eigenvalue weighted by atomic mass is 16.4. The fourth-order valence-electron chi connectivity index (χ4n) is 2.78. The Morgan fingerprint density at radius 3 is 2.32 bits per heavy atom. The molecule has 0 radical (unpaired) electrons. The number of aromatic nitrogens is 2. The number of hydrogen-bond donors (Lipinski definition) is 9. The van der Waals surface area contributed by atoms with Crippen LogP contribution in [0.3, 0.4) is 0 Å². The number of rotatable bonds is 14. The minimum atomic E-state index is -1.47. The number of carboxylic acids is 1. The van der Waals surface area contributed by atoms with Crippen LogP contribution in [0.15, 0.2) is 17.5 Å². The molecule has 15 nitrogen and oxygen atoms in total. The van der Waals surface area contributed by atoms with E-state index in [1.54, 1.807) is 0 Å². The van der Waals surface area contributed by atoms with E-state index in [9.17, 15) is 24.3 Å². The summed E-state index contributed by atoms with van der Waals surface area (Å²) in [5, 5.41) is 26.0. The van der Waals surface area contributed by atoms with Crippen LogP contribution in [0.4, 0.5) is 0 Å². The molecule has 0 aliphatic heterocycles. The van der Waals surface area contributed by atoms with Gasteiger partial charge in [-0.15, -0.1) is 0 Å². The van der Waals surface area contributed by atoms with Gasteiger partial charge < -0.3 is 48.3 Å². The third-order valence-corrected chi connectivity index (χ3v) is 4.71. The van der Waals surface area contributed by atoms with Crippen molar-refractivity contribution in [2.24, 2.45) is 22.2 Å². The van der Waals surface area contributed by atoms with E-state index in [0.717, 1.165) is 0 Å². The van der Waals surface area contributed by atoms with Crippen molar-refractivity contribution in [1.82, 2.24) is 25.9 Å². The summed E-state index contributed by atoms with van der Waals surface area (Å²) < 4.78 is 0. The summed E-state index contributed by atoms with van der Waals surface area (Å²) in [5.74, 6) is -3.69. The van der Waals surface area contributed by atoms with Crippen LogP contribution in [0.5, 0.6) is 0 Å². The number of carboxylic acid groups (broad SMARTS) is 1. The average molecular weight is 484 g/mol. The number of aliphatic imine (C=N–C) groups is 1. The van der Waals surface area contributed by atoms with Gasteiger partial charge in [-0.3, -0.25) is 24.2 Å². The minimum absolute atomic E-state index is 0.0159. The molecule has 0 aliphatic carbocycles. The van der Waals surface area contributed by atoms with Gasteiger partial charge in [-0.2, -0.15) is 0 Å². The van der Waals surface area contributed by atoms with E-state index >= 15 is 0 Å². The molecule has 0 aliphatic rings. The summed E-state index contributed by atoms with van der Waals surface area (Å²) in [6.07, 6.45) is 2.14. The minimum Gasteiger partial charge on any atom is -0.480 e. The molecule has 1 aromatic heterocycles. The van der Waals surface area contributed by atoms with E-state index in [2.05, 4.69) is 30.9 Å². The van der Waals surface area contributed by atoms with E-state index in [1.165, 1.54) is 26.4 Å². The lowest BCUT2D eigenvalue weighted by molar-refractivity contribution is -0.142. The molecule has 1 rings (SSSR count). The van der Waals surface area contributed by atoms with Gasteiger partial charge in [0.05, 0.1) is 18.5 Å². The van der Waals surface area contributed by atoms with E-state index in [0.29, 0.717) is 12.1 Å². The average Bonchev–Trinajstić information content (AvgIpc) is 3.26. The summed E-state index contributed by atoms with van der Waals surface area (Å²) in [5.41, 5.74) is 16.9. The zero-order valence-electron chi connectivity index (χ0n) is 19.0. The lowest BCUT2D eigenvalue weighted by atomic mass is 10.1. The molecule has 5 unspecified atom stereocenters. The number of aromatic amines is 1. The Morgan fingerprint density at radius 1 is 1.12 bits per heavy atom. The van der Waals surface area contributed by atoms with Crippen LogP contribution in [0.1, 0.15) is 32.4 Å². The third kappa shape index (κ3) is 9.83. The monoisotopic (exact) mass is 483 g/mol. The first-order chi connectivity index (χ1) is 15.9. The number of carbonyl (C=O) groups excluding carboxylic acids is 3. The molecule has 1 heterocycles. The number of aliphatic carboxylic acids is 1. The molecule has 34 heavy (non-hydrogen) atoms. The van der Waals surface area contributed by atoms with Crippen LogP contribution in [-0.4, -0.2) is 86.6 Å². The standard InChI is InChI=1S/C19H33N9O6/c1-9(18(33)34)26-17(32)14(10(2)29)28-16(31)13(6-11-7-23-8-25-11)27-15(30)12(20)4-3-5-24-19(21)22/h7-10,12-14,29H,3-6,20H2,1-2H3,(H,23,25)(H,26,32)(H,27,30)(H,28,31)(H,33,34)(H4,21,22,24). The van der Waals surface area contributed by atoms with Gasteiger partial charge in [-0.05, 0) is 26.7 Å². The fourth-order valence-corrected chi connectivity index (χ4v) is 2.78. The Bertz CT molecular complexity index is 854.